The predicted molar refractivity (Wildman–Crippen MR) is 53.0 cm³/mol. The highest BCUT2D eigenvalue weighted by Gasteiger charge is 2.20. The van der Waals surface area contributed by atoms with E-state index in [9.17, 15) is 0 Å². The molecule has 2 aliphatic heterocycles. The van der Waals surface area contributed by atoms with E-state index in [1.54, 1.807) is 0 Å². The van der Waals surface area contributed by atoms with E-state index in [2.05, 4.69) is 0 Å². The van der Waals surface area contributed by atoms with Gasteiger partial charge in [0.2, 0.25) is 0 Å². The van der Waals surface area contributed by atoms with Gasteiger partial charge < -0.3 is 0 Å². The topological polar surface area (TPSA) is 24.9 Å². The molecule has 2 saturated heterocycles. The average molecular weight is 200 g/mol. The van der Waals surface area contributed by atoms with Crippen molar-refractivity contribution in [1.29, 1.82) is 0 Å². The Bertz CT molecular complexity index is 132. The maximum atomic E-state index is 5.63. The van der Waals surface area contributed by atoms with Gasteiger partial charge in [-0.1, -0.05) is 10.3 Å². The summed E-state index contributed by atoms with van der Waals surface area (Å²) in [4.78, 5) is 11.3. The molecule has 0 aromatic carbocycles. The monoisotopic (exact) mass is 200 g/mol. The molecule has 0 amide bonds. The van der Waals surface area contributed by atoms with E-state index < -0.39 is 0 Å². The SMILES string of the molecule is C1CCON(N2CCCCCO2)CC1. The highest BCUT2D eigenvalue weighted by molar-refractivity contribution is 4.53. The number of hydrazine groups is 1. The average Bonchev–Trinajstić information content (AvgIpc) is 2.62. The summed E-state index contributed by atoms with van der Waals surface area (Å²) < 4.78 is 0. The van der Waals surface area contributed by atoms with Crippen molar-refractivity contribution in [2.45, 2.75) is 38.5 Å². The Morgan fingerprint density at radius 1 is 0.571 bits per heavy atom. The Kier molecular flexibility index (Phi) is 4.19. The molecule has 0 unspecified atom stereocenters. The fraction of sp³-hybridized carbons (Fsp3) is 1.00. The van der Waals surface area contributed by atoms with Crippen LogP contribution in [0.25, 0.3) is 0 Å². The fourth-order valence-electron chi connectivity index (χ4n) is 1.87. The molecule has 0 N–H and O–H groups in total. The molecule has 0 saturated carbocycles. The van der Waals surface area contributed by atoms with Crippen LogP contribution in [0.5, 0.6) is 0 Å². The van der Waals surface area contributed by atoms with Crippen LogP contribution in [-0.2, 0) is 9.68 Å². The molecule has 2 rings (SSSR count). The molecule has 0 bridgehead atoms. The molecule has 82 valence electrons. The lowest BCUT2D eigenvalue weighted by Crippen LogP contribution is -2.42. The van der Waals surface area contributed by atoms with Crippen molar-refractivity contribution in [3.63, 3.8) is 0 Å². The molecule has 2 aliphatic rings. The van der Waals surface area contributed by atoms with E-state index in [4.69, 9.17) is 9.68 Å². The Morgan fingerprint density at radius 2 is 1.07 bits per heavy atom. The third-order valence-electron chi connectivity index (χ3n) is 2.72. The number of hydroxylamine groups is 2. The van der Waals surface area contributed by atoms with Crippen LogP contribution in [0.2, 0.25) is 0 Å². The first-order valence-corrected chi connectivity index (χ1v) is 5.77. The van der Waals surface area contributed by atoms with Crippen LogP contribution < -0.4 is 0 Å². The quantitative estimate of drug-likeness (QED) is 0.643. The van der Waals surface area contributed by atoms with Gasteiger partial charge in [-0.3, -0.25) is 9.68 Å². The normalized spacial score (nSPS) is 28.3. The zero-order valence-electron chi connectivity index (χ0n) is 8.78. The van der Waals surface area contributed by atoms with Crippen molar-refractivity contribution in [3.8, 4) is 0 Å². The van der Waals surface area contributed by atoms with E-state index in [0.29, 0.717) is 0 Å². The Hall–Kier alpha value is -0.160. The van der Waals surface area contributed by atoms with Gasteiger partial charge in [-0.25, -0.2) is 0 Å². The molecular formula is C10H20N2O2. The molecule has 0 atom stereocenters. The molecule has 2 heterocycles. The van der Waals surface area contributed by atoms with Crippen LogP contribution in [0.1, 0.15) is 38.5 Å². The smallest absolute Gasteiger partial charge is 0.0702 e. The van der Waals surface area contributed by atoms with Crippen LogP contribution in [0.4, 0.5) is 0 Å². The zero-order valence-corrected chi connectivity index (χ0v) is 8.78. The van der Waals surface area contributed by atoms with Crippen molar-refractivity contribution < 1.29 is 9.68 Å². The second kappa shape index (κ2) is 5.66. The molecule has 0 aromatic rings. The summed E-state index contributed by atoms with van der Waals surface area (Å²) in [6.07, 6.45) is 7.29. The van der Waals surface area contributed by atoms with E-state index in [1.165, 1.54) is 38.5 Å². The molecule has 0 spiro atoms. The van der Waals surface area contributed by atoms with Gasteiger partial charge in [0, 0.05) is 13.1 Å². The summed E-state index contributed by atoms with van der Waals surface area (Å²) in [6.45, 7) is 3.61. The molecule has 2 fully saturated rings. The van der Waals surface area contributed by atoms with Gasteiger partial charge >= 0.3 is 0 Å². The van der Waals surface area contributed by atoms with E-state index in [0.717, 1.165) is 26.3 Å². The van der Waals surface area contributed by atoms with Crippen LogP contribution in [0.15, 0.2) is 0 Å². The second-order valence-corrected chi connectivity index (χ2v) is 3.94. The summed E-state index contributed by atoms with van der Waals surface area (Å²) in [5, 5.41) is 3.83. The highest BCUT2D eigenvalue weighted by Crippen LogP contribution is 2.14. The molecule has 0 aliphatic carbocycles. The van der Waals surface area contributed by atoms with Gasteiger partial charge in [0.05, 0.1) is 13.2 Å². The Balaban J connectivity index is 1.83. The maximum absolute atomic E-state index is 5.63. The first-order valence-electron chi connectivity index (χ1n) is 5.77. The lowest BCUT2D eigenvalue weighted by molar-refractivity contribution is -0.400. The van der Waals surface area contributed by atoms with Crippen LogP contribution in [0.3, 0.4) is 0 Å². The minimum absolute atomic E-state index is 0.833. The van der Waals surface area contributed by atoms with Crippen molar-refractivity contribution in [1.82, 2.24) is 10.3 Å². The molecule has 4 nitrogen and oxygen atoms in total. The first-order chi connectivity index (χ1) is 6.97. The Morgan fingerprint density at radius 3 is 1.57 bits per heavy atom. The standard InChI is InChI=1S/C10H20N2O2/c1-3-7-11(13-9-5-1)12-8-4-2-6-10-14-12/h1-10H2. The van der Waals surface area contributed by atoms with Gasteiger partial charge in [0.1, 0.15) is 0 Å². The molecule has 14 heavy (non-hydrogen) atoms. The number of nitrogens with zero attached hydrogens (tertiary/aromatic N) is 2. The summed E-state index contributed by atoms with van der Waals surface area (Å²) in [7, 11) is 0. The third-order valence-corrected chi connectivity index (χ3v) is 2.72. The molecule has 0 aromatic heterocycles. The minimum atomic E-state index is 0.833. The van der Waals surface area contributed by atoms with Gasteiger partial charge in [-0.05, 0) is 38.5 Å². The van der Waals surface area contributed by atoms with Gasteiger partial charge in [0.25, 0.3) is 0 Å². The van der Waals surface area contributed by atoms with Gasteiger partial charge in [0.15, 0.2) is 0 Å². The largest absolute Gasteiger partial charge is 0.282 e. The Labute approximate surface area is 85.6 Å². The molecular weight excluding hydrogens is 180 g/mol. The number of hydrogen-bond donors (Lipinski definition) is 0. The third kappa shape index (κ3) is 2.92. The lowest BCUT2D eigenvalue weighted by Gasteiger charge is -2.30. The summed E-state index contributed by atoms with van der Waals surface area (Å²) >= 11 is 0. The molecule has 4 heteroatoms. The van der Waals surface area contributed by atoms with Gasteiger partial charge in [-0.2, -0.15) is 0 Å². The van der Waals surface area contributed by atoms with E-state index >= 15 is 0 Å². The zero-order chi connectivity index (χ0) is 9.64. The lowest BCUT2D eigenvalue weighted by atomic mass is 10.2. The van der Waals surface area contributed by atoms with Gasteiger partial charge in [-0.15, -0.1) is 0 Å². The fourth-order valence-corrected chi connectivity index (χ4v) is 1.87. The van der Waals surface area contributed by atoms with Crippen molar-refractivity contribution in [2.75, 3.05) is 26.3 Å². The van der Waals surface area contributed by atoms with Crippen LogP contribution >= 0.6 is 0 Å². The molecule has 0 radical (unpaired) electrons. The van der Waals surface area contributed by atoms with Crippen molar-refractivity contribution >= 4 is 0 Å². The second-order valence-electron chi connectivity index (χ2n) is 3.94. The van der Waals surface area contributed by atoms with E-state index in [1.807, 2.05) is 10.3 Å². The summed E-state index contributed by atoms with van der Waals surface area (Å²) in [5.41, 5.74) is 0. The summed E-state index contributed by atoms with van der Waals surface area (Å²) in [6, 6.07) is 0. The summed E-state index contributed by atoms with van der Waals surface area (Å²) in [5.74, 6) is 0. The number of rotatable bonds is 1. The minimum Gasteiger partial charge on any atom is -0.282 e. The number of hydrogen-bond acceptors (Lipinski definition) is 4. The predicted octanol–water partition coefficient (Wildman–Crippen LogP) is 1.74. The maximum Gasteiger partial charge on any atom is 0.0702 e. The van der Waals surface area contributed by atoms with Crippen LogP contribution in [0, 0.1) is 0 Å². The van der Waals surface area contributed by atoms with E-state index in [-0.39, 0.29) is 0 Å². The van der Waals surface area contributed by atoms with Crippen LogP contribution in [-0.4, -0.2) is 36.6 Å². The highest BCUT2D eigenvalue weighted by atomic mass is 16.8. The van der Waals surface area contributed by atoms with Crippen molar-refractivity contribution in [3.05, 3.63) is 0 Å². The first kappa shape index (κ1) is 10.4. The van der Waals surface area contributed by atoms with Crippen molar-refractivity contribution in [2.24, 2.45) is 0 Å².